The summed E-state index contributed by atoms with van der Waals surface area (Å²) in [6.07, 6.45) is 7.94. The predicted octanol–water partition coefficient (Wildman–Crippen LogP) is 2.76. The molecule has 1 saturated carbocycles. The number of thiol groups is 1. The smallest absolute Gasteiger partial charge is 0.113 e. The Morgan fingerprint density at radius 1 is 1.15 bits per heavy atom. The van der Waals surface area contributed by atoms with Crippen LogP contribution in [0.25, 0.3) is 0 Å². The van der Waals surface area contributed by atoms with Gasteiger partial charge in [0.25, 0.3) is 0 Å². The van der Waals surface area contributed by atoms with Gasteiger partial charge in [-0.2, -0.15) is 22.8 Å². The number of hydrogen-bond acceptors (Lipinski definition) is 3. The average molecular weight is 282 g/mol. The standard InChI is InChI=1S/C16H19BN2S/c17-13-4-1-3-11(9-13)16-15-6-2-5-14(20)8-7-12(15)10-18-19-16/h1,3-4,9-10,12,14-15,20H,2,5-8H2. The minimum atomic E-state index is 0.482. The summed E-state index contributed by atoms with van der Waals surface area (Å²) in [5, 5.41) is 9.21. The van der Waals surface area contributed by atoms with Crippen LogP contribution in [0, 0.1) is 11.8 Å². The maximum absolute atomic E-state index is 5.90. The second-order valence-corrected chi connectivity index (χ2v) is 6.54. The molecule has 0 spiro atoms. The lowest BCUT2D eigenvalue weighted by atomic mass is 9.76. The van der Waals surface area contributed by atoms with Gasteiger partial charge in [-0.15, -0.1) is 0 Å². The third kappa shape index (κ3) is 3.00. The molecule has 1 aliphatic heterocycles. The summed E-state index contributed by atoms with van der Waals surface area (Å²) in [5.74, 6) is 0.981. The Morgan fingerprint density at radius 3 is 2.90 bits per heavy atom. The fourth-order valence-electron chi connectivity index (χ4n) is 3.26. The first kappa shape index (κ1) is 13.9. The van der Waals surface area contributed by atoms with Crippen LogP contribution < -0.4 is 5.46 Å². The lowest BCUT2D eigenvalue weighted by molar-refractivity contribution is 0.402. The van der Waals surface area contributed by atoms with Crippen molar-refractivity contribution in [3.8, 4) is 0 Å². The molecule has 0 aromatic heterocycles. The van der Waals surface area contributed by atoms with E-state index >= 15 is 0 Å². The van der Waals surface area contributed by atoms with Crippen molar-refractivity contribution >= 4 is 37.9 Å². The second-order valence-electron chi connectivity index (χ2n) is 5.81. The second kappa shape index (κ2) is 6.17. The van der Waals surface area contributed by atoms with Gasteiger partial charge >= 0.3 is 0 Å². The van der Waals surface area contributed by atoms with Gasteiger partial charge in [-0.25, -0.2) is 0 Å². The zero-order chi connectivity index (χ0) is 13.9. The van der Waals surface area contributed by atoms with Crippen LogP contribution >= 0.6 is 12.6 Å². The molecule has 0 amide bonds. The molecule has 1 heterocycles. The zero-order valence-electron chi connectivity index (χ0n) is 11.6. The number of nitrogens with zero attached hydrogens (tertiary/aromatic N) is 2. The zero-order valence-corrected chi connectivity index (χ0v) is 12.5. The van der Waals surface area contributed by atoms with E-state index in [4.69, 9.17) is 7.85 Å². The van der Waals surface area contributed by atoms with Crippen molar-refractivity contribution in [2.24, 2.45) is 22.0 Å². The highest BCUT2D eigenvalue weighted by Crippen LogP contribution is 2.33. The highest BCUT2D eigenvalue weighted by atomic mass is 32.1. The van der Waals surface area contributed by atoms with Crippen molar-refractivity contribution in [2.45, 2.75) is 37.4 Å². The molecular formula is C16H19BN2S. The van der Waals surface area contributed by atoms with E-state index < -0.39 is 0 Å². The summed E-state index contributed by atoms with van der Waals surface area (Å²) in [7, 11) is 5.90. The average Bonchev–Trinajstić information content (AvgIpc) is 2.43. The van der Waals surface area contributed by atoms with E-state index in [1.165, 1.54) is 25.7 Å². The molecule has 1 fully saturated rings. The fraction of sp³-hybridized carbons (Fsp3) is 0.500. The van der Waals surface area contributed by atoms with E-state index in [9.17, 15) is 0 Å². The molecule has 2 aliphatic rings. The molecule has 0 saturated heterocycles. The Hall–Kier alpha value is -1.03. The quantitative estimate of drug-likeness (QED) is 0.605. The molecule has 1 aromatic carbocycles. The molecule has 3 rings (SSSR count). The Bertz CT molecular complexity index is 541. The van der Waals surface area contributed by atoms with E-state index in [0.29, 0.717) is 17.1 Å². The predicted molar refractivity (Wildman–Crippen MR) is 89.7 cm³/mol. The molecule has 3 unspecified atom stereocenters. The molecule has 0 bridgehead atoms. The van der Waals surface area contributed by atoms with E-state index in [1.807, 2.05) is 24.4 Å². The Morgan fingerprint density at radius 2 is 2.05 bits per heavy atom. The summed E-state index contributed by atoms with van der Waals surface area (Å²) >= 11 is 4.65. The van der Waals surface area contributed by atoms with E-state index in [-0.39, 0.29) is 0 Å². The lowest BCUT2D eigenvalue weighted by Crippen LogP contribution is -2.31. The van der Waals surface area contributed by atoms with E-state index in [1.54, 1.807) is 0 Å². The molecular weight excluding hydrogens is 263 g/mol. The first-order chi connectivity index (χ1) is 9.74. The minimum Gasteiger partial charge on any atom is -0.176 e. The summed E-state index contributed by atoms with van der Waals surface area (Å²) in [6, 6.07) is 8.01. The molecule has 2 nitrogen and oxygen atoms in total. The van der Waals surface area contributed by atoms with Crippen LogP contribution in [-0.2, 0) is 0 Å². The van der Waals surface area contributed by atoms with Crippen molar-refractivity contribution < 1.29 is 0 Å². The largest absolute Gasteiger partial charge is 0.176 e. The van der Waals surface area contributed by atoms with Crippen molar-refractivity contribution in [1.82, 2.24) is 0 Å². The van der Waals surface area contributed by atoms with Crippen LogP contribution in [0.15, 0.2) is 34.5 Å². The highest BCUT2D eigenvalue weighted by Gasteiger charge is 2.30. The van der Waals surface area contributed by atoms with Gasteiger partial charge in [0.15, 0.2) is 0 Å². The SMILES string of the molecule is [B]c1cccc(C2=NN=CC3CCC(S)CCCC23)c1. The molecule has 2 radical (unpaired) electrons. The van der Waals surface area contributed by atoms with Crippen LogP contribution in [-0.4, -0.2) is 25.0 Å². The van der Waals surface area contributed by atoms with E-state index in [2.05, 4.69) is 28.9 Å². The van der Waals surface area contributed by atoms with Crippen LogP contribution in [0.3, 0.4) is 0 Å². The van der Waals surface area contributed by atoms with Crippen molar-refractivity contribution in [1.29, 1.82) is 0 Å². The van der Waals surface area contributed by atoms with Crippen LogP contribution in [0.2, 0.25) is 0 Å². The third-order valence-electron chi connectivity index (χ3n) is 4.36. The summed E-state index contributed by atoms with van der Waals surface area (Å²) < 4.78 is 0. The first-order valence-electron chi connectivity index (χ1n) is 7.39. The molecule has 1 aromatic rings. The van der Waals surface area contributed by atoms with Crippen LogP contribution in [0.4, 0.5) is 0 Å². The maximum Gasteiger partial charge on any atom is 0.113 e. The van der Waals surface area contributed by atoms with Gasteiger partial charge in [0, 0.05) is 23.3 Å². The van der Waals surface area contributed by atoms with Crippen molar-refractivity contribution in [3.63, 3.8) is 0 Å². The van der Waals surface area contributed by atoms with Crippen LogP contribution in [0.1, 0.15) is 37.7 Å². The summed E-state index contributed by atoms with van der Waals surface area (Å²) in [5.41, 5.74) is 3.03. The molecule has 0 N–H and O–H groups in total. The minimum absolute atomic E-state index is 0.482. The highest BCUT2D eigenvalue weighted by molar-refractivity contribution is 7.80. The van der Waals surface area contributed by atoms with Gasteiger partial charge in [-0.05, 0) is 31.2 Å². The monoisotopic (exact) mass is 282 g/mol. The van der Waals surface area contributed by atoms with Gasteiger partial charge in [0.05, 0.1) is 5.71 Å². The molecule has 20 heavy (non-hydrogen) atoms. The van der Waals surface area contributed by atoms with Gasteiger partial charge in [0.2, 0.25) is 0 Å². The normalized spacial score (nSPS) is 30.1. The number of benzene rings is 1. The Balaban J connectivity index is 1.87. The van der Waals surface area contributed by atoms with Crippen molar-refractivity contribution in [3.05, 3.63) is 29.8 Å². The summed E-state index contributed by atoms with van der Waals surface area (Å²) in [6.45, 7) is 0. The molecule has 4 heteroatoms. The van der Waals surface area contributed by atoms with Gasteiger partial charge < -0.3 is 0 Å². The van der Waals surface area contributed by atoms with Crippen molar-refractivity contribution in [2.75, 3.05) is 0 Å². The number of hydrogen-bond donors (Lipinski definition) is 1. The Kier molecular flexibility index (Phi) is 4.30. The molecule has 3 atom stereocenters. The van der Waals surface area contributed by atoms with E-state index in [0.717, 1.165) is 23.2 Å². The maximum atomic E-state index is 5.90. The molecule has 1 aliphatic carbocycles. The first-order valence-corrected chi connectivity index (χ1v) is 7.90. The van der Waals surface area contributed by atoms with Crippen LogP contribution in [0.5, 0.6) is 0 Å². The van der Waals surface area contributed by atoms with Gasteiger partial charge in [0.1, 0.15) is 7.85 Å². The number of rotatable bonds is 1. The topological polar surface area (TPSA) is 24.7 Å². The van der Waals surface area contributed by atoms with Gasteiger partial charge in [-0.3, -0.25) is 0 Å². The fourth-order valence-corrected chi connectivity index (χ4v) is 3.59. The molecule has 102 valence electrons. The third-order valence-corrected chi connectivity index (χ3v) is 4.88. The van der Waals surface area contributed by atoms with Gasteiger partial charge in [-0.1, -0.05) is 36.1 Å². The number of fused-ring (bicyclic) bond motifs is 1. The Labute approximate surface area is 127 Å². The summed E-state index contributed by atoms with van der Waals surface area (Å²) in [4.78, 5) is 0. The lowest BCUT2D eigenvalue weighted by Gasteiger charge is -2.31.